The van der Waals surface area contributed by atoms with Crippen LogP contribution in [0.15, 0.2) is 5.38 Å². The van der Waals surface area contributed by atoms with Crippen LogP contribution in [0.2, 0.25) is 0 Å². The van der Waals surface area contributed by atoms with Gasteiger partial charge in [0.1, 0.15) is 0 Å². The summed E-state index contributed by atoms with van der Waals surface area (Å²) in [5, 5.41) is 5.78. The van der Waals surface area contributed by atoms with Gasteiger partial charge in [0.15, 0.2) is 5.13 Å². The summed E-state index contributed by atoms with van der Waals surface area (Å²) in [6.07, 6.45) is 7.77. The summed E-state index contributed by atoms with van der Waals surface area (Å²) < 4.78 is 0. The van der Waals surface area contributed by atoms with Gasteiger partial charge in [-0.05, 0) is 45.2 Å². The Labute approximate surface area is 136 Å². The van der Waals surface area contributed by atoms with Gasteiger partial charge in [-0.3, -0.25) is 9.69 Å². The van der Waals surface area contributed by atoms with Crippen molar-refractivity contribution in [1.82, 2.24) is 9.88 Å². The lowest BCUT2D eigenvalue weighted by Gasteiger charge is -2.25. The van der Waals surface area contributed by atoms with Crippen LogP contribution in [-0.2, 0) is 11.3 Å². The number of likely N-dealkylation sites (tertiary alicyclic amines) is 1. The Bertz CT molecular complexity index is 498. The summed E-state index contributed by atoms with van der Waals surface area (Å²) in [6, 6.07) is 0.176. The van der Waals surface area contributed by atoms with Gasteiger partial charge in [-0.1, -0.05) is 12.8 Å². The van der Waals surface area contributed by atoms with Gasteiger partial charge in [-0.15, -0.1) is 11.3 Å². The third kappa shape index (κ3) is 4.27. The monoisotopic (exact) mass is 322 g/mol. The molecule has 0 spiro atoms. The van der Waals surface area contributed by atoms with Crippen molar-refractivity contribution in [1.29, 1.82) is 0 Å². The molecule has 2 heterocycles. The van der Waals surface area contributed by atoms with Gasteiger partial charge in [0.05, 0.1) is 5.69 Å². The Morgan fingerprint density at radius 2 is 2.14 bits per heavy atom. The molecule has 122 valence electrons. The van der Waals surface area contributed by atoms with E-state index in [9.17, 15) is 4.79 Å². The summed E-state index contributed by atoms with van der Waals surface area (Å²) in [6.45, 7) is 3.24. The molecule has 1 saturated carbocycles. The van der Waals surface area contributed by atoms with Gasteiger partial charge in [0, 0.05) is 23.9 Å². The molecule has 3 rings (SSSR count). The predicted molar refractivity (Wildman–Crippen MR) is 89.8 cm³/mol. The predicted octanol–water partition coefficient (Wildman–Crippen LogP) is 2.58. The fourth-order valence-electron chi connectivity index (χ4n) is 3.46. The van der Waals surface area contributed by atoms with Crippen LogP contribution in [0.3, 0.4) is 0 Å². The fourth-order valence-corrected chi connectivity index (χ4v) is 4.16. The number of carbonyl (C=O) groups is 1. The molecule has 6 heteroatoms. The van der Waals surface area contributed by atoms with Crippen molar-refractivity contribution in [2.24, 2.45) is 11.7 Å². The van der Waals surface area contributed by atoms with Gasteiger partial charge in [-0.25, -0.2) is 4.98 Å². The average Bonchev–Trinajstić information content (AvgIpc) is 2.95. The summed E-state index contributed by atoms with van der Waals surface area (Å²) in [7, 11) is 0. The Balaban J connectivity index is 1.51. The van der Waals surface area contributed by atoms with Crippen molar-refractivity contribution in [3.05, 3.63) is 11.1 Å². The van der Waals surface area contributed by atoms with E-state index in [2.05, 4.69) is 20.6 Å². The number of nitrogens with two attached hydrogens (primary N) is 1. The van der Waals surface area contributed by atoms with E-state index in [-0.39, 0.29) is 17.9 Å². The zero-order valence-corrected chi connectivity index (χ0v) is 13.9. The second-order valence-corrected chi connectivity index (χ2v) is 7.45. The van der Waals surface area contributed by atoms with Crippen LogP contribution in [0.25, 0.3) is 0 Å². The number of anilines is 1. The largest absolute Gasteiger partial charge is 0.328 e. The first-order valence-electron chi connectivity index (χ1n) is 8.44. The molecule has 22 heavy (non-hydrogen) atoms. The molecule has 3 N–H and O–H groups in total. The molecule has 1 saturated heterocycles. The number of hydrogen-bond donors (Lipinski definition) is 2. The van der Waals surface area contributed by atoms with E-state index in [0.29, 0.717) is 0 Å². The lowest BCUT2D eigenvalue weighted by atomic mass is 9.86. The Morgan fingerprint density at radius 1 is 1.32 bits per heavy atom. The Kier molecular flexibility index (Phi) is 5.44. The molecule has 0 radical (unpaired) electrons. The number of piperidine rings is 1. The molecular weight excluding hydrogens is 296 g/mol. The van der Waals surface area contributed by atoms with Gasteiger partial charge in [-0.2, -0.15) is 0 Å². The van der Waals surface area contributed by atoms with E-state index in [0.717, 1.165) is 43.1 Å². The third-order valence-corrected chi connectivity index (χ3v) is 5.51. The highest BCUT2D eigenvalue weighted by Gasteiger charge is 2.26. The normalized spacial score (nSPS) is 26.8. The lowest BCUT2D eigenvalue weighted by Crippen LogP contribution is -2.34. The average molecular weight is 322 g/mol. The van der Waals surface area contributed by atoms with Crippen molar-refractivity contribution in [2.75, 3.05) is 18.4 Å². The molecule has 0 bridgehead atoms. The number of hydrogen-bond acceptors (Lipinski definition) is 5. The Hall–Kier alpha value is -0.980. The summed E-state index contributed by atoms with van der Waals surface area (Å²) in [5.74, 6) is 0.146. The maximum Gasteiger partial charge on any atom is 0.229 e. The van der Waals surface area contributed by atoms with Crippen LogP contribution in [0.5, 0.6) is 0 Å². The van der Waals surface area contributed by atoms with Gasteiger partial charge in [0.2, 0.25) is 5.91 Å². The van der Waals surface area contributed by atoms with Crippen molar-refractivity contribution in [2.45, 2.75) is 57.5 Å². The summed E-state index contributed by atoms with van der Waals surface area (Å²) in [5.41, 5.74) is 7.04. The van der Waals surface area contributed by atoms with Crippen LogP contribution in [-0.4, -0.2) is 34.9 Å². The minimum absolute atomic E-state index is 0.0539. The number of nitrogens with zero attached hydrogens (tertiary/aromatic N) is 2. The van der Waals surface area contributed by atoms with Crippen LogP contribution in [0.1, 0.15) is 50.6 Å². The van der Waals surface area contributed by atoms with E-state index >= 15 is 0 Å². The number of rotatable bonds is 4. The summed E-state index contributed by atoms with van der Waals surface area (Å²) in [4.78, 5) is 19.3. The van der Waals surface area contributed by atoms with E-state index in [4.69, 9.17) is 5.73 Å². The molecule has 2 unspecified atom stereocenters. The standard InChI is InChI=1S/C16H26N4OS/c17-13-6-4-5-12(9-13)15(21)19-16-18-14(11-22-16)10-20-7-2-1-3-8-20/h11-13H,1-10,17H2,(H,18,19,21). The van der Waals surface area contributed by atoms with Crippen LogP contribution in [0, 0.1) is 5.92 Å². The number of carbonyl (C=O) groups excluding carboxylic acids is 1. The molecule has 1 aliphatic heterocycles. The molecule has 2 fully saturated rings. The van der Waals surface area contributed by atoms with Crippen molar-refractivity contribution in [3.63, 3.8) is 0 Å². The second kappa shape index (κ2) is 7.53. The minimum atomic E-state index is 0.0539. The maximum atomic E-state index is 12.3. The molecule has 5 nitrogen and oxygen atoms in total. The molecule has 1 amide bonds. The highest BCUT2D eigenvalue weighted by molar-refractivity contribution is 7.13. The smallest absolute Gasteiger partial charge is 0.229 e. The number of nitrogens with one attached hydrogen (secondary N) is 1. The van der Waals surface area contributed by atoms with Gasteiger partial charge < -0.3 is 11.1 Å². The van der Waals surface area contributed by atoms with Crippen LogP contribution >= 0.6 is 11.3 Å². The van der Waals surface area contributed by atoms with E-state index in [1.165, 1.54) is 43.7 Å². The first kappa shape index (κ1) is 15.9. The minimum Gasteiger partial charge on any atom is -0.328 e. The number of thiazole rings is 1. The summed E-state index contributed by atoms with van der Waals surface area (Å²) >= 11 is 1.53. The highest BCUT2D eigenvalue weighted by Crippen LogP contribution is 2.25. The zero-order valence-electron chi connectivity index (χ0n) is 13.1. The lowest BCUT2D eigenvalue weighted by molar-refractivity contribution is -0.120. The van der Waals surface area contributed by atoms with E-state index in [1.807, 2.05) is 0 Å². The first-order chi connectivity index (χ1) is 10.7. The molecule has 2 atom stereocenters. The van der Waals surface area contributed by atoms with Crippen molar-refractivity contribution < 1.29 is 4.79 Å². The SMILES string of the molecule is NC1CCCC(C(=O)Nc2nc(CN3CCCCC3)cs2)C1. The molecule has 1 aromatic heterocycles. The van der Waals surface area contributed by atoms with Gasteiger partial charge in [0.25, 0.3) is 0 Å². The zero-order chi connectivity index (χ0) is 15.4. The number of aromatic nitrogens is 1. The molecular formula is C16H26N4OS. The van der Waals surface area contributed by atoms with Crippen LogP contribution < -0.4 is 11.1 Å². The topological polar surface area (TPSA) is 71.2 Å². The molecule has 1 aromatic rings. The van der Waals surface area contributed by atoms with Crippen molar-refractivity contribution >= 4 is 22.4 Å². The van der Waals surface area contributed by atoms with E-state index < -0.39 is 0 Å². The van der Waals surface area contributed by atoms with Crippen LogP contribution in [0.4, 0.5) is 5.13 Å². The molecule has 0 aromatic carbocycles. The van der Waals surface area contributed by atoms with Crippen molar-refractivity contribution in [3.8, 4) is 0 Å². The molecule has 1 aliphatic carbocycles. The Morgan fingerprint density at radius 3 is 2.91 bits per heavy atom. The maximum absolute atomic E-state index is 12.3. The second-order valence-electron chi connectivity index (χ2n) is 6.59. The fraction of sp³-hybridized carbons (Fsp3) is 0.750. The highest BCUT2D eigenvalue weighted by atomic mass is 32.1. The first-order valence-corrected chi connectivity index (χ1v) is 9.32. The third-order valence-electron chi connectivity index (χ3n) is 4.70. The molecule has 2 aliphatic rings. The number of amides is 1. The van der Waals surface area contributed by atoms with Gasteiger partial charge >= 0.3 is 0 Å². The quantitative estimate of drug-likeness (QED) is 0.894. The van der Waals surface area contributed by atoms with E-state index in [1.54, 1.807) is 0 Å².